The van der Waals surface area contributed by atoms with Gasteiger partial charge in [-0.15, -0.1) is 0 Å². The van der Waals surface area contributed by atoms with Gasteiger partial charge in [-0.2, -0.15) is 0 Å². The van der Waals surface area contributed by atoms with Gasteiger partial charge in [0.05, 0.1) is 6.04 Å². The number of likely N-dealkylation sites (N-methyl/N-ethyl adjacent to an activating group) is 1. The molecule has 8 nitrogen and oxygen atoms in total. The minimum absolute atomic E-state index is 0.245. The molecule has 206 valence electrons. The van der Waals surface area contributed by atoms with E-state index in [9.17, 15) is 14.4 Å². The predicted molar refractivity (Wildman–Crippen MR) is 155 cm³/mol. The van der Waals surface area contributed by atoms with Gasteiger partial charge in [-0.25, -0.2) is 9.80 Å². The minimum Gasteiger partial charge on any atom is -0.350 e. The fourth-order valence-electron chi connectivity index (χ4n) is 4.35. The summed E-state index contributed by atoms with van der Waals surface area (Å²) < 4.78 is 0. The van der Waals surface area contributed by atoms with Crippen molar-refractivity contribution in [2.24, 2.45) is 11.5 Å². The number of carbonyl (C=O) groups is 3. The fourth-order valence-corrected chi connectivity index (χ4v) is 4.35. The Hall–Kier alpha value is -4.17. The largest absolute Gasteiger partial charge is 0.350 e. The molecule has 0 heterocycles. The van der Waals surface area contributed by atoms with Gasteiger partial charge in [0.2, 0.25) is 5.91 Å². The average Bonchev–Trinajstić information content (AvgIpc) is 2.89. The van der Waals surface area contributed by atoms with Crippen LogP contribution in [0.25, 0.3) is 10.8 Å². The van der Waals surface area contributed by atoms with Crippen LogP contribution in [0.3, 0.4) is 0 Å². The second-order valence-corrected chi connectivity index (χ2v) is 10.7. The van der Waals surface area contributed by atoms with E-state index in [1.54, 1.807) is 13.1 Å². The summed E-state index contributed by atoms with van der Waals surface area (Å²) in [6, 6.07) is 21.4. The molecule has 0 spiro atoms. The van der Waals surface area contributed by atoms with E-state index < -0.39 is 29.6 Å². The third-order valence-corrected chi connectivity index (χ3v) is 6.55. The molecule has 0 saturated carbocycles. The van der Waals surface area contributed by atoms with E-state index in [1.807, 2.05) is 93.6 Å². The van der Waals surface area contributed by atoms with Gasteiger partial charge in [-0.05, 0) is 61.6 Å². The molecular weight excluding hydrogens is 490 g/mol. The van der Waals surface area contributed by atoms with E-state index in [4.69, 9.17) is 11.5 Å². The lowest BCUT2D eigenvalue weighted by Gasteiger charge is -2.32. The first-order chi connectivity index (χ1) is 18.4. The Labute approximate surface area is 230 Å². The van der Waals surface area contributed by atoms with E-state index >= 15 is 0 Å². The van der Waals surface area contributed by atoms with Crippen LogP contribution >= 0.6 is 0 Å². The number of urea groups is 1. The molecule has 2 atom stereocenters. The molecule has 3 aromatic carbocycles. The lowest BCUT2D eigenvalue weighted by molar-refractivity contribution is -0.138. The average molecular weight is 530 g/mol. The zero-order valence-electron chi connectivity index (χ0n) is 23.1. The summed E-state index contributed by atoms with van der Waals surface area (Å²) in [7, 11) is 1.58. The maximum atomic E-state index is 13.7. The first kappa shape index (κ1) is 29.4. The van der Waals surface area contributed by atoms with Crippen molar-refractivity contribution in [1.82, 2.24) is 15.3 Å². The van der Waals surface area contributed by atoms with Crippen LogP contribution in [0.5, 0.6) is 0 Å². The van der Waals surface area contributed by atoms with E-state index in [1.165, 1.54) is 11.0 Å². The van der Waals surface area contributed by atoms with Gasteiger partial charge in [0.25, 0.3) is 5.91 Å². The zero-order valence-corrected chi connectivity index (χ0v) is 23.1. The Bertz CT molecular complexity index is 1320. The number of fused-ring (bicyclic) bond motifs is 1. The Morgan fingerprint density at radius 2 is 1.56 bits per heavy atom. The molecular formula is C31H39N5O3. The standard InChI is InChI=1S/C31H39N5O3/c1-22(19-23-11-6-5-7-12-23)36(30(32)39)34-29(38)27(35(4)28(37)15-10-18-31(2,3)33)21-24-16-17-25-13-8-9-14-26(25)20-24/h5-17,20,22,27H,18-19,21,33H2,1-4H3,(H2,32,39)(H,34,38)/b15-10+/t22?,27-/m1/s1. The molecule has 0 aliphatic rings. The van der Waals surface area contributed by atoms with Crippen molar-refractivity contribution >= 4 is 28.6 Å². The summed E-state index contributed by atoms with van der Waals surface area (Å²) >= 11 is 0. The second-order valence-electron chi connectivity index (χ2n) is 10.7. The van der Waals surface area contributed by atoms with Crippen molar-refractivity contribution in [3.05, 3.63) is 96.1 Å². The Balaban J connectivity index is 1.85. The lowest BCUT2D eigenvalue weighted by atomic mass is 10.00. The van der Waals surface area contributed by atoms with Crippen LogP contribution in [-0.4, -0.2) is 52.4 Å². The highest BCUT2D eigenvalue weighted by Crippen LogP contribution is 2.19. The van der Waals surface area contributed by atoms with Crippen molar-refractivity contribution in [1.29, 1.82) is 0 Å². The number of primary amides is 1. The van der Waals surface area contributed by atoms with Gasteiger partial charge < -0.3 is 16.4 Å². The molecule has 0 bridgehead atoms. The highest BCUT2D eigenvalue weighted by atomic mass is 16.2. The second kappa shape index (κ2) is 13.1. The highest BCUT2D eigenvalue weighted by molar-refractivity contribution is 5.93. The summed E-state index contributed by atoms with van der Waals surface area (Å²) in [6.45, 7) is 5.55. The molecule has 0 aliphatic carbocycles. The smallest absolute Gasteiger partial charge is 0.333 e. The molecule has 5 N–H and O–H groups in total. The molecule has 0 aromatic heterocycles. The monoisotopic (exact) mass is 529 g/mol. The van der Waals surface area contributed by atoms with Crippen LogP contribution < -0.4 is 16.9 Å². The van der Waals surface area contributed by atoms with Crippen LogP contribution in [0.15, 0.2) is 84.9 Å². The van der Waals surface area contributed by atoms with Crippen molar-refractivity contribution in [3.63, 3.8) is 0 Å². The summed E-state index contributed by atoms with van der Waals surface area (Å²) in [4.78, 5) is 40.5. The molecule has 1 unspecified atom stereocenters. The van der Waals surface area contributed by atoms with Gasteiger partial charge >= 0.3 is 6.03 Å². The Kier molecular flexibility index (Phi) is 9.84. The van der Waals surface area contributed by atoms with E-state index in [-0.39, 0.29) is 12.3 Å². The number of rotatable bonds is 10. The van der Waals surface area contributed by atoms with Gasteiger partial charge in [-0.3, -0.25) is 15.0 Å². The van der Waals surface area contributed by atoms with E-state index in [2.05, 4.69) is 5.43 Å². The molecule has 39 heavy (non-hydrogen) atoms. The first-order valence-electron chi connectivity index (χ1n) is 13.1. The number of nitrogens with one attached hydrogen (secondary N) is 1. The van der Waals surface area contributed by atoms with Crippen LogP contribution in [0.2, 0.25) is 0 Å². The molecule has 0 aliphatic heterocycles. The molecule has 0 radical (unpaired) electrons. The van der Waals surface area contributed by atoms with Gasteiger partial charge in [0.1, 0.15) is 6.04 Å². The number of amides is 4. The quantitative estimate of drug-likeness (QED) is 0.272. The van der Waals surface area contributed by atoms with Crippen molar-refractivity contribution in [2.45, 2.75) is 57.7 Å². The van der Waals surface area contributed by atoms with Gasteiger partial charge in [0.15, 0.2) is 0 Å². The van der Waals surface area contributed by atoms with Crippen molar-refractivity contribution in [3.8, 4) is 0 Å². The number of benzene rings is 3. The maximum Gasteiger partial charge on any atom is 0.333 e. The van der Waals surface area contributed by atoms with Gasteiger partial charge in [0, 0.05) is 19.0 Å². The zero-order chi connectivity index (χ0) is 28.6. The number of hydrogen-bond donors (Lipinski definition) is 3. The molecule has 8 heteroatoms. The highest BCUT2D eigenvalue weighted by Gasteiger charge is 2.30. The van der Waals surface area contributed by atoms with E-state index in [0.717, 1.165) is 26.9 Å². The normalized spacial score (nSPS) is 13.2. The molecule has 3 rings (SSSR count). The first-order valence-corrected chi connectivity index (χ1v) is 13.1. The Morgan fingerprint density at radius 3 is 2.21 bits per heavy atom. The number of hydrogen-bond acceptors (Lipinski definition) is 4. The predicted octanol–water partition coefficient (Wildman–Crippen LogP) is 3.94. The summed E-state index contributed by atoms with van der Waals surface area (Å²) in [5, 5.41) is 3.24. The number of nitrogens with two attached hydrogens (primary N) is 2. The van der Waals surface area contributed by atoms with Crippen molar-refractivity contribution < 1.29 is 14.4 Å². The van der Waals surface area contributed by atoms with Crippen molar-refractivity contribution in [2.75, 3.05) is 7.05 Å². The minimum atomic E-state index is -0.903. The summed E-state index contributed by atoms with van der Waals surface area (Å²) in [6.07, 6.45) is 4.38. The maximum absolute atomic E-state index is 13.7. The van der Waals surface area contributed by atoms with Crippen LogP contribution in [0, 0.1) is 0 Å². The summed E-state index contributed by atoms with van der Waals surface area (Å²) in [5.74, 6) is -0.853. The number of nitrogens with zero attached hydrogens (tertiary/aromatic N) is 2. The Morgan fingerprint density at radius 1 is 0.923 bits per heavy atom. The third kappa shape index (κ3) is 8.68. The molecule has 4 amide bonds. The van der Waals surface area contributed by atoms with E-state index in [0.29, 0.717) is 12.8 Å². The SMILES string of the molecule is CC(Cc1ccccc1)N(NC(=O)[C@@H](Cc1ccc2ccccc2c1)N(C)C(=O)/C=C/CC(C)(C)N)C(N)=O. The van der Waals surface area contributed by atoms with Crippen LogP contribution in [0.1, 0.15) is 38.3 Å². The third-order valence-electron chi connectivity index (χ3n) is 6.55. The molecule has 0 fully saturated rings. The lowest BCUT2D eigenvalue weighted by Crippen LogP contribution is -2.59. The molecule has 3 aromatic rings. The summed E-state index contributed by atoms with van der Waals surface area (Å²) in [5.41, 5.74) is 15.8. The van der Waals surface area contributed by atoms with Crippen LogP contribution in [-0.2, 0) is 22.4 Å². The fraction of sp³-hybridized carbons (Fsp3) is 0.323. The topological polar surface area (TPSA) is 122 Å². The van der Waals surface area contributed by atoms with Gasteiger partial charge in [-0.1, -0.05) is 78.9 Å². The number of carbonyl (C=O) groups excluding carboxylic acids is 3. The number of hydrazine groups is 1. The van der Waals surface area contributed by atoms with Crippen LogP contribution in [0.4, 0.5) is 4.79 Å². The molecule has 0 saturated heterocycles.